The minimum absolute atomic E-state index is 0.125. The Morgan fingerprint density at radius 2 is 1.88 bits per heavy atom. The Bertz CT molecular complexity index is 1350. The Morgan fingerprint density at radius 3 is 2.62 bits per heavy atom. The Kier molecular flexibility index (Phi) is 4.48. The van der Waals surface area contributed by atoms with Crippen molar-refractivity contribution < 1.29 is 28.6 Å². The maximum Gasteiger partial charge on any atom is 0.338 e. The van der Waals surface area contributed by atoms with E-state index in [0.717, 1.165) is 11.1 Å². The number of cyclic esters (lactones) is 1. The second-order valence-corrected chi connectivity index (χ2v) is 7.36. The summed E-state index contributed by atoms with van der Waals surface area (Å²) < 4.78 is 10.9. The predicted molar refractivity (Wildman–Crippen MR) is 115 cm³/mol. The molecular formula is C24H16N2O6. The molecule has 8 heteroatoms. The summed E-state index contributed by atoms with van der Waals surface area (Å²) >= 11 is 0. The number of carboxylic acid groups (broad SMARTS) is 1. The van der Waals surface area contributed by atoms with Gasteiger partial charge in [-0.1, -0.05) is 12.1 Å². The zero-order valence-electron chi connectivity index (χ0n) is 16.9. The predicted octanol–water partition coefficient (Wildman–Crippen LogP) is 4.12. The van der Waals surface area contributed by atoms with Crippen molar-refractivity contribution in [2.45, 2.75) is 13.5 Å². The first-order valence-corrected chi connectivity index (χ1v) is 9.76. The van der Waals surface area contributed by atoms with Crippen LogP contribution in [0.15, 0.2) is 69.7 Å². The molecule has 0 fully saturated rings. The number of hydrogen-bond acceptors (Lipinski definition) is 6. The van der Waals surface area contributed by atoms with E-state index in [1.807, 2.05) is 12.1 Å². The van der Waals surface area contributed by atoms with Crippen LogP contribution in [-0.4, -0.2) is 28.7 Å². The van der Waals surface area contributed by atoms with E-state index in [2.05, 4.69) is 5.10 Å². The first kappa shape index (κ1) is 19.5. The van der Waals surface area contributed by atoms with Gasteiger partial charge in [-0.3, -0.25) is 4.79 Å². The van der Waals surface area contributed by atoms with Crippen molar-refractivity contribution in [1.82, 2.24) is 0 Å². The Morgan fingerprint density at radius 1 is 1.09 bits per heavy atom. The Hall–Kier alpha value is -4.46. The molecule has 0 aliphatic carbocycles. The summed E-state index contributed by atoms with van der Waals surface area (Å²) in [5, 5.41) is 14.6. The number of esters is 1. The molecule has 5 rings (SSSR count). The largest absolute Gasteiger partial charge is 0.478 e. The zero-order valence-corrected chi connectivity index (χ0v) is 16.9. The zero-order chi connectivity index (χ0) is 22.4. The lowest BCUT2D eigenvalue weighted by Crippen LogP contribution is -2.21. The molecule has 2 aliphatic rings. The van der Waals surface area contributed by atoms with Crippen molar-refractivity contribution in [3.8, 4) is 11.3 Å². The number of carbonyl (C=O) groups excluding carboxylic acids is 2. The number of carbonyl (C=O) groups is 3. The minimum atomic E-state index is -1.04. The number of benzene rings is 2. The van der Waals surface area contributed by atoms with Gasteiger partial charge in [-0.25, -0.2) is 9.59 Å². The summed E-state index contributed by atoms with van der Waals surface area (Å²) in [5.74, 6) is -0.720. The van der Waals surface area contributed by atoms with E-state index in [-0.39, 0.29) is 24.0 Å². The van der Waals surface area contributed by atoms with Crippen LogP contribution in [0.2, 0.25) is 0 Å². The lowest BCUT2D eigenvalue weighted by molar-refractivity contribution is -0.114. The number of rotatable bonds is 4. The van der Waals surface area contributed by atoms with Crippen LogP contribution in [0.3, 0.4) is 0 Å². The van der Waals surface area contributed by atoms with E-state index in [9.17, 15) is 14.4 Å². The van der Waals surface area contributed by atoms with E-state index in [0.29, 0.717) is 34.1 Å². The molecule has 0 saturated heterocycles. The fourth-order valence-electron chi connectivity index (χ4n) is 3.60. The maximum atomic E-state index is 12.9. The maximum absolute atomic E-state index is 12.9. The number of anilines is 1. The molecule has 0 bridgehead atoms. The lowest BCUT2D eigenvalue weighted by atomic mass is 10.0. The quantitative estimate of drug-likeness (QED) is 0.495. The molecule has 158 valence electrons. The Balaban J connectivity index is 1.40. The lowest BCUT2D eigenvalue weighted by Gasteiger charge is -2.11. The highest BCUT2D eigenvalue weighted by atomic mass is 16.5. The molecule has 8 nitrogen and oxygen atoms in total. The van der Waals surface area contributed by atoms with Crippen molar-refractivity contribution in [1.29, 1.82) is 0 Å². The highest BCUT2D eigenvalue weighted by Crippen LogP contribution is 2.30. The molecule has 1 aromatic heterocycles. The number of furan rings is 1. The summed E-state index contributed by atoms with van der Waals surface area (Å²) in [7, 11) is 0. The third-order valence-corrected chi connectivity index (χ3v) is 5.31. The number of nitrogens with zero attached hydrogens (tertiary/aromatic N) is 2. The summed E-state index contributed by atoms with van der Waals surface area (Å²) in [6, 6.07) is 14.8. The molecule has 0 spiro atoms. The number of fused-ring (bicyclic) bond motifs is 1. The van der Waals surface area contributed by atoms with Gasteiger partial charge in [0.2, 0.25) is 0 Å². The van der Waals surface area contributed by atoms with Crippen LogP contribution in [0.4, 0.5) is 5.69 Å². The van der Waals surface area contributed by atoms with Crippen molar-refractivity contribution in [2.24, 2.45) is 5.10 Å². The van der Waals surface area contributed by atoms with E-state index in [4.69, 9.17) is 14.3 Å². The van der Waals surface area contributed by atoms with Gasteiger partial charge in [0.15, 0.2) is 0 Å². The van der Waals surface area contributed by atoms with Gasteiger partial charge in [-0.05, 0) is 55.5 Å². The van der Waals surface area contributed by atoms with Gasteiger partial charge in [0.1, 0.15) is 18.1 Å². The van der Waals surface area contributed by atoms with Crippen LogP contribution < -0.4 is 5.01 Å². The van der Waals surface area contributed by atoms with Crippen LogP contribution in [-0.2, 0) is 16.1 Å². The molecule has 0 atom stereocenters. The van der Waals surface area contributed by atoms with Gasteiger partial charge in [0.25, 0.3) is 5.91 Å². The van der Waals surface area contributed by atoms with Crippen LogP contribution in [0.5, 0.6) is 0 Å². The third kappa shape index (κ3) is 3.27. The molecule has 0 unspecified atom stereocenters. The first-order valence-electron chi connectivity index (χ1n) is 9.76. The van der Waals surface area contributed by atoms with Gasteiger partial charge in [-0.15, -0.1) is 0 Å². The summed E-state index contributed by atoms with van der Waals surface area (Å²) in [5.41, 5.74) is 3.56. The van der Waals surface area contributed by atoms with E-state index in [1.54, 1.807) is 31.2 Å². The van der Waals surface area contributed by atoms with Gasteiger partial charge in [0.05, 0.1) is 28.1 Å². The van der Waals surface area contributed by atoms with Gasteiger partial charge in [-0.2, -0.15) is 10.1 Å². The van der Waals surface area contributed by atoms with E-state index < -0.39 is 5.97 Å². The minimum Gasteiger partial charge on any atom is -0.478 e. The second kappa shape index (κ2) is 7.35. The molecule has 3 heterocycles. The molecule has 0 saturated carbocycles. The summed E-state index contributed by atoms with van der Waals surface area (Å²) in [6.45, 7) is 1.99. The molecule has 3 aromatic rings. The average Bonchev–Trinajstić information content (AvgIpc) is 3.48. The molecule has 1 N–H and O–H groups in total. The summed E-state index contributed by atoms with van der Waals surface area (Å²) in [4.78, 5) is 35.8. The van der Waals surface area contributed by atoms with Crippen LogP contribution in [0.25, 0.3) is 17.4 Å². The molecular weight excluding hydrogens is 412 g/mol. The number of ether oxygens (including phenoxy) is 1. The highest BCUT2D eigenvalue weighted by molar-refractivity contribution is 6.32. The Labute approximate surface area is 182 Å². The monoisotopic (exact) mass is 428 g/mol. The van der Waals surface area contributed by atoms with E-state index in [1.165, 1.54) is 29.3 Å². The van der Waals surface area contributed by atoms with Crippen LogP contribution in [0.1, 0.15) is 39.0 Å². The number of aromatic carboxylic acids is 1. The molecule has 0 radical (unpaired) electrons. The van der Waals surface area contributed by atoms with Gasteiger partial charge < -0.3 is 14.3 Å². The number of hydrogen-bond donors (Lipinski definition) is 1. The first-order chi connectivity index (χ1) is 15.4. The standard InChI is InChI=1S/C24H16N2O6/c1-13-19(22(27)26(25-13)17-6-4-14(5-7-17)23(28)29)11-18-8-9-21(32-18)15-2-3-16-12-31-24(30)20(16)10-15/h2-11H,12H2,1H3,(H,28,29)/b19-11+. The van der Waals surface area contributed by atoms with Gasteiger partial charge >= 0.3 is 11.9 Å². The van der Waals surface area contributed by atoms with E-state index >= 15 is 0 Å². The number of carboxylic acids is 1. The highest BCUT2D eigenvalue weighted by Gasteiger charge is 2.29. The van der Waals surface area contributed by atoms with Gasteiger partial charge in [0, 0.05) is 11.1 Å². The van der Waals surface area contributed by atoms with Crippen LogP contribution in [0, 0.1) is 0 Å². The number of hydrazone groups is 1. The number of amides is 1. The molecule has 1 amide bonds. The normalized spacial score (nSPS) is 16.3. The van der Waals surface area contributed by atoms with Crippen molar-refractivity contribution >= 4 is 35.3 Å². The average molecular weight is 428 g/mol. The van der Waals surface area contributed by atoms with Crippen molar-refractivity contribution in [2.75, 3.05) is 5.01 Å². The second-order valence-electron chi connectivity index (χ2n) is 7.36. The fourth-order valence-corrected chi connectivity index (χ4v) is 3.60. The fraction of sp³-hybridized carbons (Fsp3) is 0.0833. The van der Waals surface area contributed by atoms with Crippen molar-refractivity contribution in [3.63, 3.8) is 0 Å². The summed E-state index contributed by atoms with van der Waals surface area (Å²) in [6.07, 6.45) is 1.61. The SMILES string of the molecule is CC1=NN(c2ccc(C(=O)O)cc2)C(=O)/C1=C/c1ccc(-c2ccc3c(c2)C(=O)OC3)o1. The third-order valence-electron chi connectivity index (χ3n) is 5.31. The molecule has 2 aromatic carbocycles. The molecule has 2 aliphatic heterocycles. The van der Waals surface area contributed by atoms with Crippen LogP contribution >= 0.6 is 0 Å². The smallest absolute Gasteiger partial charge is 0.338 e. The molecule has 32 heavy (non-hydrogen) atoms. The van der Waals surface area contributed by atoms with Crippen molar-refractivity contribution in [3.05, 3.63) is 82.6 Å². The topological polar surface area (TPSA) is 109 Å².